The molecule has 0 radical (unpaired) electrons. The number of fused-ring (bicyclic) bond motifs is 1. The average molecular weight is 425 g/mol. The van der Waals surface area contributed by atoms with Gasteiger partial charge in [-0.1, -0.05) is 17.4 Å². The summed E-state index contributed by atoms with van der Waals surface area (Å²) >= 11 is 1.46. The smallest absolute Gasteiger partial charge is 0.248 e. The topological polar surface area (TPSA) is 73.8 Å². The highest BCUT2D eigenvalue weighted by molar-refractivity contribution is 7.22. The van der Waals surface area contributed by atoms with E-state index >= 15 is 0 Å². The van der Waals surface area contributed by atoms with Gasteiger partial charge in [-0.25, -0.2) is 4.98 Å². The Morgan fingerprint density at radius 3 is 2.50 bits per heavy atom. The maximum absolute atomic E-state index is 12.9. The lowest BCUT2D eigenvalue weighted by molar-refractivity contribution is -0.141. The van der Waals surface area contributed by atoms with Crippen LogP contribution in [-0.4, -0.2) is 66.2 Å². The van der Waals surface area contributed by atoms with Gasteiger partial charge >= 0.3 is 0 Å². The number of anilines is 1. The number of rotatable bonds is 7. The van der Waals surface area contributed by atoms with Crippen LogP contribution in [0.3, 0.4) is 0 Å². The second-order valence-corrected chi connectivity index (χ2v) is 8.05. The highest BCUT2D eigenvalue weighted by Gasteiger charge is 2.32. The molecule has 1 saturated heterocycles. The summed E-state index contributed by atoms with van der Waals surface area (Å²) in [5, 5.41) is 0.610. The van der Waals surface area contributed by atoms with Crippen molar-refractivity contribution in [1.82, 2.24) is 14.8 Å². The number of aromatic nitrogens is 1. The fourth-order valence-electron chi connectivity index (χ4n) is 3.03. The normalized spacial score (nSPS) is 14.1. The molecular weight excluding hydrogens is 400 g/mol. The lowest BCUT2D eigenvalue weighted by Crippen LogP contribution is -2.43. The standard InChI is InChI=1S/C19H24N4O3S.ClH/c1-13-5-6-14-15(11-13)27-19(20-14)22(10-4-9-21(2)3)18(26)12-23-16(24)7-8-17(23)25;/h5-6,11H,4,7-10,12H2,1-3H3;1H. The minimum atomic E-state index is -0.276. The molecule has 9 heteroatoms. The van der Waals surface area contributed by atoms with Crippen molar-refractivity contribution in [2.75, 3.05) is 38.6 Å². The molecule has 1 fully saturated rings. The van der Waals surface area contributed by atoms with E-state index in [4.69, 9.17) is 0 Å². The van der Waals surface area contributed by atoms with Gasteiger partial charge in [-0.05, 0) is 51.7 Å². The summed E-state index contributed by atoms with van der Waals surface area (Å²) in [4.78, 5) is 46.0. The Labute approximate surface area is 174 Å². The molecule has 28 heavy (non-hydrogen) atoms. The minimum Gasteiger partial charge on any atom is -0.309 e. The first-order valence-electron chi connectivity index (χ1n) is 9.00. The predicted octanol–water partition coefficient (Wildman–Crippen LogP) is 2.46. The first-order valence-corrected chi connectivity index (χ1v) is 9.82. The van der Waals surface area contributed by atoms with E-state index in [1.54, 1.807) is 4.90 Å². The van der Waals surface area contributed by atoms with Gasteiger partial charge in [0.2, 0.25) is 17.7 Å². The van der Waals surface area contributed by atoms with Crippen molar-refractivity contribution < 1.29 is 14.4 Å². The molecule has 0 spiro atoms. The van der Waals surface area contributed by atoms with Crippen molar-refractivity contribution in [3.8, 4) is 0 Å². The Morgan fingerprint density at radius 2 is 1.86 bits per heavy atom. The van der Waals surface area contributed by atoms with E-state index in [0.717, 1.165) is 33.6 Å². The quantitative estimate of drug-likeness (QED) is 0.638. The van der Waals surface area contributed by atoms with Gasteiger partial charge in [0.1, 0.15) is 6.54 Å². The maximum atomic E-state index is 12.9. The minimum absolute atomic E-state index is 0. The van der Waals surface area contributed by atoms with Crippen LogP contribution in [0, 0.1) is 6.92 Å². The van der Waals surface area contributed by atoms with Crippen LogP contribution in [0.2, 0.25) is 0 Å². The summed E-state index contributed by atoms with van der Waals surface area (Å²) < 4.78 is 1.02. The van der Waals surface area contributed by atoms with Crippen molar-refractivity contribution in [3.05, 3.63) is 23.8 Å². The largest absolute Gasteiger partial charge is 0.309 e. The molecule has 7 nitrogen and oxygen atoms in total. The number of hydrogen-bond acceptors (Lipinski definition) is 6. The number of hydrogen-bond donors (Lipinski definition) is 0. The number of carbonyl (C=O) groups is 3. The molecule has 0 atom stereocenters. The molecular formula is C19H25ClN4O3S. The lowest BCUT2D eigenvalue weighted by atomic mass is 10.2. The summed E-state index contributed by atoms with van der Waals surface area (Å²) in [7, 11) is 3.96. The van der Waals surface area contributed by atoms with Crippen molar-refractivity contribution in [1.29, 1.82) is 0 Å². The molecule has 0 N–H and O–H groups in total. The number of thiazole rings is 1. The highest BCUT2D eigenvalue weighted by Crippen LogP contribution is 2.30. The second-order valence-electron chi connectivity index (χ2n) is 7.04. The Bertz CT molecular complexity index is 867. The lowest BCUT2D eigenvalue weighted by Gasteiger charge is -2.23. The van der Waals surface area contributed by atoms with Crippen molar-refractivity contribution in [2.45, 2.75) is 26.2 Å². The molecule has 3 amide bonds. The zero-order valence-electron chi connectivity index (χ0n) is 16.3. The van der Waals surface area contributed by atoms with E-state index in [2.05, 4.69) is 9.88 Å². The van der Waals surface area contributed by atoms with Crippen LogP contribution >= 0.6 is 23.7 Å². The Balaban J connectivity index is 0.00000280. The third-order valence-electron chi connectivity index (χ3n) is 4.50. The molecule has 0 unspecified atom stereocenters. The molecule has 2 heterocycles. The molecule has 3 rings (SSSR count). The van der Waals surface area contributed by atoms with Crippen LogP contribution in [-0.2, 0) is 14.4 Å². The van der Waals surface area contributed by atoms with Gasteiger partial charge in [0.15, 0.2) is 5.13 Å². The monoisotopic (exact) mass is 424 g/mol. The molecule has 1 aliphatic rings. The fraction of sp³-hybridized carbons (Fsp3) is 0.474. The first kappa shape index (κ1) is 22.3. The third kappa shape index (κ3) is 5.06. The van der Waals surface area contributed by atoms with Gasteiger partial charge in [-0.3, -0.25) is 24.2 Å². The number of nitrogens with zero attached hydrogens (tertiary/aromatic N) is 4. The van der Waals surface area contributed by atoms with Gasteiger partial charge in [0, 0.05) is 19.4 Å². The van der Waals surface area contributed by atoms with Gasteiger partial charge < -0.3 is 4.90 Å². The summed E-state index contributed by atoms with van der Waals surface area (Å²) in [5.41, 5.74) is 1.98. The van der Waals surface area contributed by atoms with E-state index in [0.29, 0.717) is 11.7 Å². The maximum Gasteiger partial charge on any atom is 0.248 e. The van der Waals surface area contributed by atoms with Crippen molar-refractivity contribution >= 4 is 56.8 Å². The number of amides is 3. The number of likely N-dealkylation sites (tertiary alicyclic amines) is 1. The van der Waals surface area contributed by atoms with E-state index in [9.17, 15) is 14.4 Å². The summed E-state index contributed by atoms with van der Waals surface area (Å²) in [6, 6.07) is 5.98. The predicted molar refractivity (Wildman–Crippen MR) is 113 cm³/mol. The van der Waals surface area contributed by atoms with Gasteiger partial charge in [-0.15, -0.1) is 12.4 Å². The number of halogens is 1. The van der Waals surface area contributed by atoms with Gasteiger partial charge in [0.05, 0.1) is 10.2 Å². The number of carbonyl (C=O) groups excluding carboxylic acids is 3. The zero-order chi connectivity index (χ0) is 19.6. The van der Waals surface area contributed by atoms with E-state index in [1.165, 1.54) is 11.3 Å². The highest BCUT2D eigenvalue weighted by atomic mass is 35.5. The van der Waals surface area contributed by atoms with Crippen LogP contribution in [0.5, 0.6) is 0 Å². The molecule has 0 bridgehead atoms. The van der Waals surface area contributed by atoms with Crippen LogP contribution in [0.25, 0.3) is 10.2 Å². The second kappa shape index (κ2) is 9.45. The third-order valence-corrected chi connectivity index (χ3v) is 5.54. The summed E-state index contributed by atoms with van der Waals surface area (Å²) in [5.74, 6) is -0.823. The summed E-state index contributed by atoms with van der Waals surface area (Å²) in [6.45, 7) is 3.12. The number of imide groups is 1. The van der Waals surface area contributed by atoms with Crippen molar-refractivity contribution in [3.63, 3.8) is 0 Å². The van der Waals surface area contributed by atoms with Crippen LogP contribution < -0.4 is 4.90 Å². The number of aryl methyl sites for hydroxylation is 1. The molecule has 1 aliphatic heterocycles. The van der Waals surface area contributed by atoms with E-state index in [1.807, 2.05) is 39.2 Å². The molecule has 1 aromatic carbocycles. The Hall–Kier alpha value is -2.03. The fourth-order valence-corrected chi connectivity index (χ4v) is 4.13. The Kier molecular flexibility index (Phi) is 7.51. The average Bonchev–Trinajstić information content (AvgIpc) is 3.15. The summed E-state index contributed by atoms with van der Waals surface area (Å²) in [6.07, 6.45) is 1.15. The zero-order valence-corrected chi connectivity index (χ0v) is 17.9. The molecule has 152 valence electrons. The SMILES string of the molecule is Cc1ccc2nc(N(CCCN(C)C)C(=O)CN3C(=O)CCC3=O)sc2c1.Cl. The molecule has 1 aromatic heterocycles. The van der Waals surface area contributed by atoms with Crippen LogP contribution in [0.1, 0.15) is 24.8 Å². The first-order chi connectivity index (χ1) is 12.8. The molecule has 0 aliphatic carbocycles. The van der Waals surface area contributed by atoms with Crippen LogP contribution in [0.4, 0.5) is 5.13 Å². The Morgan fingerprint density at radius 1 is 1.18 bits per heavy atom. The van der Waals surface area contributed by atoms with E-state index < -0.39 is 0 Å². The van der Waals surface area contributed by atoms with Crippen LogP contribution in [0.15, 0.2) is 18.2 Å². The molecule has 0 saturated carbocycles. The van der Waals surface area contributed by atoms with E-state index in [-0.39, 0.29) is 49.5 Å². The van der Waals surface area contributed by atoms with Gasteiger partial charge in [0.25, 0.3) is 0 Å². The van der Waals surface area contributed by atoms with Gasteiger partial charge in [-0.2, -0.15) is 0 Å². The molecule has 2 aromatic rings. The number of benzene rings is 1. The van der Waals surface area contributed by atoms with Crippen molar-refractivity contribution in [2.24, 2.45) is 0 Å².